The van der Waals surface area contributed by atoms with Gasteiger partial charge in [0.05, 0.1) is 12.0 Å². The van der Waals surface area contributed by atoms with E-state index in [0.717, 1.165) is 5.13 Å². The van der Waals surface area contributed by atoms with Gasteiger partial charge in [0, 0.05) is 19.7 Å². The van der Waals surface area contributed by atoms with Crippen molar-refractivity contribution in [3.63, 3.8) is 0 Å². The van der Waals surface area contributed by atoms with Crippen LogP contribution in [0.25, 0.3) is 6.08 Å². The molecule has 0 bridgehead atoms. The number of carbonyl (C=O) groups excluding carboxylic acids is 1. The highest BCUT2D eigenvalue weighted by atomic mass is 32.1. The van der Waals surface area contributed by atoms with E-state index < -0.39 is 5.97 Å². The molecular formula is C16H14FN3O3S. The minimum absolute atomic E-state index is 0.140. The number of halogens is 1. The summed E-state index contributed by atoms with van der Waals surface area (Å²) in [5, 5.41) is 0.743. The number of thiazole rings is 1. The molecular weight excluding hydrogens is 333 g/mol. The first-order valence-electron chi connectivity index (χ1n) is 6.98. The van der Waals surface area contributed by atoms with E-state index in [9.17, 15) is 9.18 Å². The first kappa shape index (κ1) is 16.1. The maximum atomic E-state index is 13.0. The van der Waals surface area contributed by atoms with Crippen LogP contribution < -0.4 is 9.64 Å². The van der Waals surface area contributed by atoms with Crippen LogP contribution in [0.3, 0.4) is 0 Å². The molecule has 0 saturated heterocycles. The number of aromatic nitrogens is 1. The Morgan fingerprint density at radius 2 is 2.00 bits per heavy atom. The van der Waals surface area contributed by atoms with E-state index >= 15 is 0 Å². The zero-order valence-corrected chi connectivity index (χ0v) is 14.1. The number of anilines is 1. The summed E-state index contributed by atoms with van der Waals surface area (Å²) >= 11 is 1.37. The van der Waals surface area contributed by atoms with Gasteiger partial charge in [0.25, 0.3) is 0 Å². The maximum Gasteiger partial charge on any atom is 0.363 e. The average Bonchev–Trinajstić information content (AvgIpc) is 3.13. The van der Waals surface area contributed by atoms with Crippen LogP contribution in [-0.4, -0.2) is 38.1 Å². The van der Waals surface area contributed by atoms with E-state index in [1.807, 2.05) is 19.0 Å². The van der Waals surface area contributed by atoms with Gasteiger partial charge in [-0.3, -0.25) is 0 Å². The molecule has 2 aromatic rings. The molecule has 0 aliphatic carbocycles. The van der Waals surface area contributed by atoms with Crippen molar-refractivity contribution in [2.24, 2.45) is 4.99 Å². The number of hydrogen-bond acceptors (Lipinski definition) is 7. The maximum absolute atomic E-state index is 13.0. The minimum Gasteiger partial charge on any atom is -0.480 e. The Bertz CT molecular complexity index is 841. The Hall–Kier alpha value is -2.74. The van der Waals surface area contributed by atoms with Crippen molar-refractivity contribution in [1.82, 2.24) is 4.98 Å². The first-order valence-corrected chi connectivity index (χ1v) is 7.80. The summed E-state index contributed by atoms with van der Waals surface area (Å²) in [6.45, 7) is 0. The lowest BCUT2D eigenvalue weighted by atomic mass is 10.2. The van der Waals surface area contributed by atoms with Gasteiger partial charge in [-0.05, 0) is 30.3 Å². The smallest absolute Gasteiger partial charge is 0.363 e. The number of benzene rings is 1. The molecule has 0 amide bonds. The van der Waals surface area contributed by atoms with Crippen molar-refractivity contribution in [3.05, 3.63) is 46.2 Å². The molecule has 1 aromatic heterocycles. The van der Waals surface area contributed by atoms with Gasteiger partial charge < -0.3 is 14.4 Å². The van der Waals surface area contributed by atoms with Crippen LogP contribution in [0.5, 0.6) is 5.88 Å². The van der Waals surface area contributed by atoms with Crippen molar-refractivity contribution >= 4 is 34.4 Å². The monoisotopic (exact) mass is 347 g/mol. The highest BCUT2D eigenvalue weighted by Crippen LogP contribution is 2.33. The Kier molecular flexibility index (Phi) is 4.30. The summed E-state index contributed by atoms with van der Waals surface area (Å²) in [5.41, 5.74) is 0.667. The molecule has 0 unspecified atom stereocenters. The summed E-state index contributed by atoms with van der Waals surface area (Å²) < 4.78 is 23.4. The number of aliphatic imine (C=N–C) groups is 1. The molecule has 0 saturated carbocycles. The molecule has 6 nitrogen and oxygen atoms in total. The van der Waals surface area contributed by atoms with E-state index in [4.69, 9.17) is 9.47 Å². The Balaban J connectivity index is 1.95. The van der Waals surface area contributed by atoms with Crippen LogP contribution in [-0.2, 0) is 9.53 Å². The number of esters is 1. The summed E-state index contributed by atoms with van der Waals surface area (Å²) in [7, 11) is 5.24. The molecule has 1 aliphatic rings. The van der Waals surface area contributed by atoms with E-state index in [-0.39, 0.29) is 17.4 Å². The van der Waals surface area contributed by atoms with Gasteiger partial charge in [0.2, 0.25) is 11.8 Å². The number of nitrogens with zero attached hydrogens (tertiary/aromatic N) is 3. The third-order valence-corrected chi connectivity index (χ3v) is 4.32. The number of rotatable bonds is 4. The highest BCUT2D eigenvalue weighted by molar-refractivity contribution is 7.16. The van der Waals surface area contributed by atoms with Crippen molar-refractivity contribution in [1.29, 1.82) is 0 Å². The topological polar surface area (TPSA) is 64.0 Å². The van der Waals surface area contributed by atoms with Gasteiger partial charge in [0.15, 0.2) is 10.8 Å². The second-order valence-electron chi connectivity index (χ2n) is 5.11. The molecule has 124 valence electrons. The van der Waals surface area contributed by atoms with E-state index in [1.165, 1.54) is 42.7 Å². The zero-order valence-electron chi connectivity index (χ0n) is 13.2. The lowest BCUT2D eigenvalue weighted by Crippen LogP contribution is -2.07. The molecule has 1 aliphatic heterocycles. The number of cyclic esters (lactones) is 1. The summed E-state index contributed by atoms with van der Waals surface area (Å²) in [6, 6.07) is 5.57. The molecule has 0 N–H and O–H groups in total. The quantitative estimate of drug-likeness (QED) is 0.628. The van der Waals surface area contributed by atoms with Gasteiger partial charge in [-0.2, -0.15) is 4.98 Å². The predicted molar refractivity (Wildman–Crippen MR) is 90.0 cm³/mol. The second kappa shape index (κ2) is 6.40. The molecule has 1 aromatic carbocycles. The molecule has 24 heavy (non-hydrogen) atoms. The van der Waals surface area contributed by atoms with Crippen LogP contribution in [0.4, 0.5) is 9.52 Å². The Morgan fingerprint density at radius 3 is 2.62 bits per heavy atom. The van der Waals surface area contributed by atoms with Gasteiger partial charge >= 0.3 is 5.97 Å². The normalized spacial score (nSPS) is 15.4. The fourth-order valence-electron chi connectivity index (χ4n) is 1.98. The fraction of sp³-hybridized carbons (Fsp3) is 0.188. The van der Waals surface area contributed by atoms with Gasteiger partial charge in [-0.1, -0.05) is 11.3 Å². The third kappa shape index (κ3) is 3.13. The van der Waals surface area contributed by atoms with E-state index in [2.05, 4.69) is 9.98 Å². The van der Waals surface area contributed by atoms with Crippen molar-refractivity contribution in [2.45, 2.75) is 0 Å². The molecule has 2 heterocycles. The average molecular weight is 347 g/mol. The number of ether oxygens (including phenoxy) is 2. The number of methoxy groups -OCH3 is 1. The van der Waals surface area contributed by atoms with Crippen LogP contribution in [0.1, 0.15) is 10.4 Å². The largest absolute Gasteiger partial charge is 0.480 e. The van der Waals surface area contributed by atoms with Crippen LogP contribution >= 0.6 is 11.3 Å². The van der Waals surface area contributed by atoms with Gasteiger partial charge in [-0.15, -0.1) is 0 Å². The first-order chi connectivity index (χ1) is 11.5. The van der Waals surface area contributed by atoms with Crippen LogP contribution in [0.2, 0.25) is 0 Å². The molecule has 0 atom stereocenters. The number of hydrogen-bond donors (Lipinski definition) is 0. The van der Waals surface area contributed by atoms with Crippen molar-refractivity contribution in [2.75, 3.05) is 26.1 Å². The lowest BCUT2D eigenvalue weighted by molar-refractivity contribution is -0.129. The van der Waals surface area contributed by atoms with Crippen molar-refractivity contribution in [3.8, 4) is 5.88 Å². The zero-order chi connectivity index (χ0) is 17.3. The SMILES string of the molecule is COc1nc(N(C)C)sc1/C=C1/N=C(c2ccc(F)cc2)OC1=O. The molecule has 0 spiro atoms. The summed E-state index contributed by atoms with van der Waals surface area (Å²) in [6.07, 6.45) is 1.57. The van der Waals surface area contributed by atoms with Gasteiger partial charge in [-0.25, -0.2) is 14.2 Å². The fourth-order valence-corrected chi connectivity index (χ4v) is 2.88. The van der Waals surface area contributed by atoms with Crippen molar-refractivity contribution < 1.29 is 18.7 Å². The van der Waals surface area contributed by atoms with E-state index in [1.54, 1.807) is 6.08 Å². The molecule has 0 radical (unpaired) electrons. The van der Waals surface area contributed by atoms with Crippen LogP contribution in [0.15, 0.2) is 35.0 Å². The van der Waals surface area contributed by atoms with Crippen LogP contribution in [0, 0.1) is 5.82 Å². The third-order valence-electron chi connectivity index (χ3n) is 3.16. The summed E-state index contributed by atoms with van der Waals surface area (Å²) in [5.74, 6) is -0.391. The Labute approximate surface area is 141 Å². The number of carbonyl (C=O) groups is 1. The highest BCUT2D eigenvalue weighted by Gasteiger charge is 2.25. The predicted octanol–water partition coefficient (Wildman–Crippen LogP) is 2.70. The van der Waals surface area contributed by atoms with Gasteiger partial charge in [0.1, 0.15) is 5.82 Å². The molecule has 8 heteroatoms. The van der Waals surface area contributed by atoms with E-state index in [0.29, 0.717) is 16.3 Å². The molecule has 0 fully saturated rings. The standard InChI is InChI=1S/C16H14FN3O3S/c1-20(2)16-19-14(22-3)12(24-16)8-11-15(21)23-13(18-11)9-4-6-10(17)7-5-9/h4-8H,1-3H3/b11-8+. The molecule has 3 rings (SSSR count). The summed E-state index contributed by atoms with van der Waals surface area (Å²) in [4.78, 5) is 23.0. The Morgan fingerprint density at radius 1 is 1.29 bits per heavy atom. The second-order valence-corrected chi connectivity index (χ2v) is 6.12. The lowest BCUT2D eigenvalue weighted by Gasteiger charge is -2.04. The minimum atomic E-state index is -0.573.